The van der Waals surface area contributed by atoms with Crippen molar-refractivity contribution in [3.63, 3.8) is 0 Å². The Hall–Kier alpha value is -2.87. The van der Waals surface area contributed by atoms with Crippen LogP contribution in [-0.2, 0) is 29.6 Å². The third-order valence-electron chi connectivity index (χ3n) is 5.40. The second kappa shape index (κ2) is 10.8. The molecule has 0 radical (unpaired) electrons. The van der Waals surface area contributed by atoms with Crippen molar-refractivity contribution in [3.05, 3.63) is 42.5 Å². The Morgan fingerprint density at radius 2 is 1.71 bits per heavy atom. The number of methoxy groups -OCH3 is 1. The zero-order valence-corrected chi connectivity index (χ0v) is 21.6. The van der Waals surface area contributed by atoms with Crippen LogP contribution >= 0.6 is 0 Å². The van der Waals surface area contributed by atoms with Crippen LogP contribution in [0.3, 0.4) is 0 Å². The summed E-state index contributed by atoms with van der Waals surface area (Å²) >= 11 is 0. The number of sulfonamides is 2. The summed E-state index contributed by atoms with van der Waals surface area (Å²) in [6, 6.07) is 10.6. The van der Waals surface area contributed by atoms with Crippen LogP contribution in [0.15, 0.2) is 47.4 Å². The van der Waals surface area contributed by atoms with E-state index in [9.17, 15) is 21.6 Å². The zero-order valence-electron chi connectivity index (χ0n) is 19.9. The van der Waals surface area contributed by atoms with E-state index in [0.717, 1.165) is 10.6 Å². The molecule has 2 aromatic carbocycles. The molecule has 1 fully saturated rings. The summed E-state index contributed by atoms with van der Waals surface area (Å²) in [5.74, 6) is 0.0313. The highest BCUT2D eigenvalue weighted by Gasteiger charge is 2.30. The Balaban J connectivity index is 1.72. The van der Waals surface area contributed by atoms with Crippen LogP contribution in [0.4, 0.5) is 11.4 Å². The molecule has 3 rings (SSSR count). The molecule has 192 valence electrons. The van der Waals surface area contributed by atoms with E-state index in [4.69, 9.17) is 14.2 Å². The summed E-state index contributed by atoms with van der Waals surface area (Å²) in [6.07, 6.45) is 0.176. The van der Waals surface area contributed by atoms with Crippen molar-refractivity contribution in [2.24, 2.45) is 0 Å². The third-order valence-corrected chi connectivity index (χ3v) is 8.52. The van der Waals surface area contributed by atoms with Crippen LogP contribution in [0.1, 0.15) is 6.92 Å². The molecule has 1 aliphatic heterocycles. The number of anilines is 2. The Morgan fingerprint density at radius 3 is 2.29 bits per heavy atom. The molecule has 0 spiro atoms. The number of rotatable bonds is 9. The first kappa shape index (κ1) is 26.7. The standard InChI is InChI=1S/C22H29N3O8S2/c1-16(33-19-8-6-18(7-9-19)24(2)34(4,27)28)22(26)23-17-5-10-20(31-3)21(15-17)35(29,30)25-11-13-32-14-12-25/h5-10,15-16H,11-14H2,1-4H3,(H,23,26)/t16-/m1/s1. The molecule has 1 saturated heterocycles. The molecule has 0 bridgehead atoms. The highest BCUT2D eigenvalue weighted by atomic mass is 32.2. The normalized spacial score (nSPS) is 15.8. The summed E-state index contributed by atoms with van der Waals surface area (Å²) < 4.78 is 68.2. The number of amides is 1. The molecular formula is C22H29N3O8S2. The minimum Gasteiger partial charge on any atom is -0.495 e. The van der Waals surface area contributed by atoms with Gasteiger partial charge in [-0.25, -0.2) is 16.8 Å². The summed E-state index contributed by atoms with van der Waals surface area (Å²) in [5, 5.41) is 2.66. The molecule has 1 amide bonds. The third kappa shape index (κ3) is 6.42. The molecule has 0 saturated carbocycles. The predicted octanol–water partition coefficient (Wildman–Crippen LogP) is 1.52. The van der Waals surface area contributed by atoms with E-state index in [1.165, 1.54) is 36.7 Å². The summed E-state index contributed by atoms with van der Waals surface area (Å²) in [7, 11) is -4.44. The van der Waals surface area contributed by atoms with E-state index in [1.807, 2.05) is 0 Å². The van der Waals surface area contributed by atoms with Crippen molar-refractivity contribution in [1.29, 1.82) is 0 Å². The first-order valence-corrected chi connectivity index (χ1v) is 14.0. The van der Waals surface area contributed by atoms with Crippen LogP contribution in [-0.4, -0.2) is 79.9 Å². The second-order valence-corrected chi connectivity index (χ2v) is 11.8. The monoisotopic (exact) mass is 527 g/mol. The first-order valence-electron chi connectivity index (χ1n) is 10.7. The lowest BCUT2D eigenvalue weighted by atomic mass is 10.2. The van der Waals surface area contributed by atoms with Crippen LogP contribution < -0.4 is 19.1 Å². The number of carbonyl (C=O) groups is 1. The molecule has 35 heavy (non-hydrogen) atoms. The van der Waals surface area contributed by atoms with Gasteiger partial charge in [0.05, 0.1) is 32.3 Å². The lowest BCUT2D eigenvalue weighted by Gasteiger charge is -2.27. The van der Waals surface area contributed by atoms with Gasteiger partial charge in [0, 0.05) is 25.8 Å². The van der Waals surface area contributed by atoms with E-state index < -0.39 is 32.1 Å². The maximum absolute atomic E-state index is 13.1. The lowest BCUT2D eigenvalue weighted by molar-refractivity contribution is -0.122. The molecule has 13 heteroatoms. The Kier molecular flexibility index (Phi) is 8.26. The fraction of sp³-hybridized carbons (Fsp3) is 0.409. The highest BCUT2D eigenvalue weighted by Crippen LogP contribution is 2.30. The largest absolute Gasteiger partial charge is 0.495 e. The van der Waals surface area contributed by atoms with Gasteiger partial charge in [-0.2, -0.15) is 4.31 Å². The lowest BCUT2D eigenvalue weighted by Crippen LogP contribution is -2.40. The quantitative estimate of drug-likeness (QED) is 0.519. The molecule has 11 nitrogen and oxygen atoms in total. The number of benzene rings is 2. The number of carbonyl (C=O) groups excluding carboxylic acids is 1. The topological polar surface area (TPSA) is 132 Å². The summed E-state index contributed by atoms with van der Waals surface area (Å²) in [6.45, 7) is 2.61. The van der Waals surface area contributed by atoms with Crippen molar-refractivity contribution in [2.75, 3.05) is 56.3 Å². The molecular weight excluding hydrogens is 498 g/mol. The van der Waals surface area contributed by atoms with Crippen molar-refractivity contribution >= 4 is 37.3 Å². The van der Waals surface area contributed by atoms with Crippen LogP contribution in [0.2, 0.25) is 0 Å². The maximum atomic E-state index is 13.1. The SMILES string of the molecule is COc1ccc(NC(=O)[C@@H](C)Oc2ccc(N(C)S(C)(=O)=O)cc2)cc1S(=O)(=O)N1CCOCC1. The number of hydrogen-bond donors (Lipinski definition) is 1. The zero-order chi connectivity index (χ0) is 25.8. The van der Waals surface area contributed by atoms with Crippen LogP contribution in [0.25, 0.3) is 0 Å². The van der Waals surface area contributed by atoms with Crippen molar-refractivity contribution in [1.82, 2.24) is 4.31 Å². The number of ether oxygens (including phenoxy) is 3. The number of nitrogens with zero attached hydrogens (tertiary/aromatic N) is 2. The average Bonchev–Trinajstić information content (AvgIpc) is 2.84. The molecule has 2 aromatic rings. The van der Waals surface area contributed by atoms with Crippen LogP contribution in [0.5, 0.6) is 11.5 Å². The van der Waals surface area contributed by atoms with Crippen LogP contribution in [0, 0.1) is 0 Å². The molecule has 1 N–H and O–H groups in total. The second-order valence-electron chi connectivity index (χ2n) is 7.86. The maximum Gasteiger partial charge on any atom is 0.265 e. The van der Waals surface area contributed by atoms with Gasteiger partial charge in [0.2, 0.25) is 20.0 Å². The number of morpholine rings is 1. The minimum absolute atomic E-state index is 0.0566. The van der Waals surface area contributed by atoms with E-state index in [1.54, 1.807) is 31.2 Å². The van der Waals surface area contributed by atoms with E-state index in [2.05, 4.69) is 5.32 Å². The Bertz CT molecular complexity index is 1260. The van der Waals surface area contributed by atoms with Gasteiger partial charge in [-0.05, 0) is 49.4 Å². The summed E-state index contributed by atoms with van der Waals surface area (Å²) in [5.41, 5.74) is 0.715. The predicted molar refractivity (Wildman–Crippen MR) is 131 cm³/mol. The Morgan fingerprint density at radius 1 is 1.09 bits per heavy atom. The van der Waals surface area contributed by atoms with Gasteiger partial charge in [0.15, 0.2) is 6.10 Å². The molecule has 0 unspecified atom stereocenters. The minimum atomic E-state index is -3.85. The smallest absolute Gasteiger partial charge is 0.265 e. The Labute approximate surface area is 205 Å². The average molecular weight is 528 g/mol. The van der Waals surface area contributed by atoms with Gasteiger partial charge in [-0.15, -0.1) is 0 Å². The summed E-state index contributed by atoms with van der Waals surface area (Å²) in [4.78, 5) is 12.7. The van der Waals surface area contributed by atoms with Gasteiger partial charge in [-0.3, -0.25) is 9.10 Å². The fourth-order valence-electron chi connectivity index (χ4n) is 3.31. The van der Waals surface area contributed by atoms with E-state index in [-0.39, 0.29) is 29.4 Å². The molecule has 1 atom stereocenters. The van der Waals surface area contributed by atoms with Crippen molar-refractivity contribution < 1.29 is 35.8 Å². The fourth-order valence-corrected chi connectivity index (χ4v) is 5.40. The van der Waals surface area contributed by atoms with Gasteiger partial charge in [-0.1, -0.05) is 0 Å². The highest BCUT2D eigenvalue weighted by molar-refractivity contribution is 7.92. The van der Waals surface area contributed by atoms with E-state index >= 15 is 0 Å². The van der Waals surface area contributed by atoms with Gasteiger partial charge in [0.1, 0.15) is 16.4 Å². The number of hydrogen-bond acceptors (Lipinski definition) is 8. The molecule has 1 aliphatic rings. The first-order chi connectivity index (χ1) is 16.4. The van der Waals surface area contributed by atoms with Crippen molar-refractivity contribution in [3.8, 4) is 11.5 Å². The van der Waals surface area contributed by atoms with Gasteiger partial charge >= 0.3 is 0 Å². The van der Waals surface area contributed by atoms with Gasteiger partial charge in [0.25, 0.3) is 5.91 Å². The van der Waals surface area contributed by atoms with Crippen molar-refractivity contribution in [2.45, 2.75) is 17.9 Å². The molecule has 0 aromatic heterocycles. The number of nitrogens with one attached hydrogen (secondary N) is 1. The molecule has 0 aliphatic carbocycles. The van der Waals surface area contributed by atoms with Gasteiger partial charge < -0.3 is 19.5 Å². The van der Waals surface area contributed by atoms with E-state index in [0.29, 0.717) is 24.7 Å². The molecule has 1 heterocycles.